The molecule has 2 N–H and O–H groups in total. The molecular weight excluding hydrogens is 198 g/mol. The SMILES string of the molecule is CC(N)Cc1ccc2c(c1)ncn2C(C)C. The van der Waals surface area contributed by atoms with E-state index in [9.17, 15) is 0 Å². The molecule has 1 aromatic heterocycles. The second kappa shape index (κ2) is 4.26. The Morgan fingerprint density at radius 3 is 2.69 bits per heavy atom. The zero-order valence-electron chi connectivity index (χ0n) is 10.1. The average molecular weight is 217 g/mol. The molecule has 0 aliphatic carbocycles. The van der Waals surface area contributed by atoms with Gasteiger partial charge in [0.2, 0.25) is 0 Å². The van der Waals surface area contributed by atoms with E-state index in [-0.39, 0.29) is 6.04 Å². The van der Waals surface area contributed by atoms with Crippen LogP contribution in [0.3, 0.4) is 0 Å². The molecule has 1 aromatic carbocycles. The summed E-state index contributed by atoms with van der Waals surface area (Å²) in [5.41, 5.74) is 9.32. The number of hydrogen-bond donors (Lipinski definition) is 1. The predicted octanol–water partition coefficient (Wildman–Crippen LogP) is 2.51. The summed E-state index contributed by atoms with van der Waals surface area (Å²) in [6.07, 6.45) is 2.81. The Hall–Kier alpha value is -1.35. The molecule has 16 heavy (non-hydrogen) atoms. The third-order valence-electron chi connectivity index (χ3n) is 2.75. The Kier molecular flexibility index (Phi) is 2.97. The minimum atomic E-state index is 0.199. The molecule has 0 aliphatic rings. The van der Waals surface area contributed by atoms with Gasteiger partial charge in [-0.3, -0.25) is 0 Å². The number of imidazole rings is 1. The number of hydrogen-bond acceptors (Lipinski definition) is 2. The molecule has 1 atom stereocenters. The standard InChI is InChI=1S/C13H19N3/c1-9(2)16-8-15-12-7-11(6-10(3)14)4-5-13(12)16/h4-5,7-10H,6,14H2,1-3H3. The highest BCUT2D eigenvalue weighted by Crippen LogP contribution is 2.19. The number of nitrogens with zero attached hydrogens (tertiary/aromatic N) is 2. The largest absolute Gasteiger partial charge is 0.328 e. The number of rotatable bonds is 3. The fraction of sp³-hybridized carbons (Fsp3) is 0.462. The zero-order valence-corrected chi connectivity index (χ0v) is 10.1. The van der Waals surface area contributed by atoms with Crippen molar-refractivity contribution < 1.29 is 0 Å². The van der Waals surface area contributed by atoms with Gasteiger partial charge < -0.3 is 10.3 Å². The maximum atomic E-state index is 5.80. The Labute approximate surface area is 96.3 Å². The van der Waals surface area contributed by atoms with Crippen LogP contribution < -0.4 is 5.73 Å². The van der Waals surface area contributed by atoms with E-state index in [0.29, 0.717) is 6.04 Å². The van der Waals surface area contributed by atoms with Crippen molar-refractivity contribution in [3.63, 3.8) is 0 Å². The molecule has 1 unspecified atom stereocenters. The van der Waals surface area contributed by atoms with Crippen molar-refractivity contribution in [2.24, 2.45) is 5.73 Å². The van der Waals surface area contributed by atoms with Crippen LogP contribution in [0.25, 0.3) is 11.0 Å². The molecule has 2 rings (SSSR count). The van der Waals surface area contributed by atoms with E-state index in [1.54, 1.807) is 0 Å². The predicted molar refractivity (Wildman–Crippen MR) is 67.5 cm³/mol. The van der Waals surface area contributed by atoms with Crippen molar-refractivity contribution in [1.82, 2.24) is 9.55 Å². The van der Waals surface area contributed by atoms with Crippen LogP contribution in [-0.2, 0) is 6.42 Å². The van der Waals surface area contributed by atoms with Gasteiger partial charge in [-0.05, 0) is 44.9 Å². The normalized spacial score (nSPS) is 13.6. The Bertz CT molecular complexity index is 483. The monoisotopic (exact) mass is 217 g/mol. The smallest absolute Gasteiger partial charge is 0.0960 e. The van der Waals surface area contributed by atoms with E-state index >= 15 is 0 Å². The first-order valence-electron chi connectivity index (χ1n) is 5.79. The first-order chi connectivity index (χ1) is 7.58. The van der Waals surface area contributed by atoms with Gasteiger partial charge in [-0.1, -0.05) is 6.07 Å². The van der Waals surface area contributed by atoms with Crippen LogP contribution >= 0.6 is 0 Å². The highest BCUT2D eigenvalue weighted by Gasteiger charge is 2.06. The number of nitrogens with two attached hydrogens (primary N) is 1. The lowest BCUT2D eigenvalue weighted by atomic mass is 10.1. The van der Waals surface area contributed by atoms with Crippen molar-refractivity contribution in [2.75, 3.05) is 0 Å². The molecule has 0 bridgehead atoms. The summed E-state index contributed by atoms with van der Waals surface area (Å²) in [6, 6.07) is 7.07. The van der Waals surface area contributed by atoms with Crippen molar-refractivity contribution in [3.05, 3.63) is 30.1 Å². The fourth-order valence-corrected chi connectivity index (χ4v) is 1.99. The molecule has 0 saturated heterocycles. The van der Waals surface area contributed by atoms with Crippen LogP contribution in [-0.4, -0.2) is 15.6 Å². The highest BCUT2D eigenvalue weighted by atomic mass is 15.1. The topological polar surface area (TPSA) is 43.8 Å². The quantitative estimate of drug-likeness (QED) is 0.858. The van der Waals surface area contributed by atoms with Crippen LogP contribution in [0, 0.1) is 0 Å². The minimum absolute atomic E-state index is 0.199. The Morgan fingerprint density at radius 2 is 2.06 bits per heavy atom. The molecule has 0 spiro atoms. The van der Waals surface area contributed by atoms with Gasteiger partial charge in [-0.25, -0.2) is 4.98 Å². The van der Waals surface area contributed by atoms with Crippen LogP contribution in [0.4, 0.5) is 0 Å². The van der Waals surface area contributed by atoms with Crippen LogP contribution in [0.1, 0.15) is 32.4 Å². The maximum absolute atomic E-state index is 5.80. The number of benzene rings is 1. The summed E-state index contributed by atoms with van der Waals surface area (Å²) in [5.74, 6) is 0. The Morgan fingerprint density at radius 1 is 1.31 bits per heavy atom. The molecule has 2 aromatic rings. The first kappa shape index (κ1) is 11.1. The van der Waals surface area contributed by atoms with Gasteiger partial charge in [0.15, 0.2) is 0 Å². The van der Waals surface area contributed by atoms with E-state index in [1.807, 2.05) is 13.3 Å². The summed E-state index contributed by atoms with van der Waals surface area (Å²) in [4.78, 5) is 4.43. The van der Waals surface area contributed by atoms with Gasteiger partial charge in [-0.15, -0.1) is 0 Å². The molecule has 0 saturated carbocycles. The second-order valence-electron chi connectivity index (χ2n) is 4.75. The molecule has 3 heteroatoms. The molecule has 0 radical (unpaired) electrons. The third-order valence-corrected chi connectivity index (χ3v) is 2.75. The molecule has 3 nitrogen and oxygen atoms in total. The first-order valence-corrected chi connectivity index (χ1v) is 5.79. The lowest BCUT2D eigenvalue weighted by Gasteiger charge is -2.09. The summed E-state index contributed by atoms with van der Waals surface area (Å²) in [6.45, 7) is 6.35. The molecule has 86 valence electrons. The van der Waals surface area contributed by atoms with Crippen molar-refractivity contribution in [2.45, 2.75) is 39.3 Å². The summed E-state index contributed by atoms with van der Waals surface area (Å²) in [5, 5.41) is 0. The lowest BCUT2D eigenvalue weighted by Crippen LogP contribution is -2.17. The minimum Gasteiger partial charge on any atom is -0.328 e. The molecule has 0 aliphatic heterocycles. The van der Waals surface area contributed by atoms with Crippen molar-refractivity contribution in [1.29, 1.82) is 0 Å². The van der Waals surface area contributed by atoms with E-state index in [0.717, 1.165) is 11.9 Å². The maximum Gasteiger partial charge on any atom is 0.0960 e. The Balaban J connectivity index is 2.41. The molecule has 1 heterocycles. The zero-order chi connectivity index (χ0) is 11.7. The summed E-state index contributed by atoms with van der Waals surface area (Å²) >= 11 is 0. The molecular formula is C13H19N3. The third kappa shape index (κ3) is 2.09. The van der Waals surface area contributed by atoms with Crippen molar-refractivity contribution >= 4 is 11.0 Å². The highest BCUT2D eigenvalue weighted by molar-refractivity contribution is 5.76. The second-order valence-corrected chi connectivity index (χ2v) is 4.75. The van der Waals surface area contributed by atoms with E-state index < -0.39 is 0 Å². The molecule has 0 amide bonds. The van der Waals surface area contributed by atoms with Crippen LogP contribution in [0.5, 0.6) is 0 Å². The number of fused-ring (bicyclic) bond motifs is 1. The van der Waals surface area contributed by atoms with Crippen molar-refractivity contribution in [3.8, 4) is 0 Å². The van der Waals surface area contributed by atoms with Crippen LogP contribution in [0.2, 0.25) is 0 Å². The van der Waals surface area contributed by atoms with E-state index in [2.05, 4.69) is 41.6 Å². The van der Waals surface area contributed by atoms with Gasteiger partial charge in [0.25, 0.3) is 0 Å². The lowest BCUT2D eigenvalue weighted by molar-refractivity contribution is 0.617. The summed E-state index contributed by atoms with van der Waals surface area (Å²) < 4.78 is 2.19. The molecule has 0 fully saturated rings. The van der Waals surface area contributed by atoms with Gasteiger partial charge >= 0.3 is 0 Å². The van der Waals surface area contributed by atoms with E-state index in [4.69, 9.17) is 5.73 Å². The van der Waals surface area contributed by atoms with Gasteiger partial charge in [-0.2, -0.15) is 0 Å². The fourth-order valence-electron chi connectivity index (χ4n) is 1.99. The van der Waals surface area contributed by atoms with Crippen LogP contribution in [0.15, 0.2) is 24.5 Å². The van der Waals surface area contributed by atoms with Gasteiger partial charge in [0.05, 0.1) is 17.4 Å². The van der Waals surface area contributed by atoms with E-state index in [1.165, 1.54) is 11.1 Å². The van der Waals surface area contributed by atoms with Gasteiger partial charge in [0, 0.05) is 12.1 Å². The average Bonchev–Trinajstić information content (AvgIpc) is 2.59. The summed E-state index contributed by atoms with van der Waals surface area (Å²) in [7, 11) is 0. The van der Waals surface area contributed by atoms with Gasteiger partial charge in [0.1, 0.15) is 0 Å². The number of aromatic nitrogens is 2.